The number of ether oxygens (including phenoxy) is 2. The molecule has 166 valence electrons. The lowest BCUT2D eigenvalue weighted by molar-refractivity contribution is 0.0498. The molecule has 0 spiro atoms. The highest BCUT2D eigenvalue weighted by Gasteiger charge is 2.71. The van der Waals surface area contributed by atoms with E-state index < -0.39 is 23.9 Å². The minimum Gasteiger partial charge on any atom is -0.497 e. The van der Waals surface area contributed by atoms with Crippen LogP contribution in [0.2, 0.25) is 0 Å². The first-order valence-electron chi connectivity index (χ1n) is 10.7. The number of aromatic nitrogens is 2. The monoisotopic (exact) mass is 446 g/mol. The van der Waals surface area contributed by atoms with Crippen molar-refractivity contribution in [3.63, 3.8) is 0 Å². The molecule has 1 saturated carbocycles. The predicted molar refractivity (Wildman–Crippen MR) is 116 cm³/mol. The van der Waals surface area contributed by atoms with E-state index in [1.54, 1.807) is 31.4 Å². The Morgan fingerprint density at radius 3 is 1.97 bits per heavy atom. The molecule has 0 N–H and O–H groups in total. The van der Waals surface area contributed by atoms with Crippen LogP contribution in [0.4, 0.5) is 8.78 Å². The zero-order valence-corrected chi connectivity index (χ0v) is 17.7. The Kier molecular flexibility index (Phi) is 4.55. The fraction of sp³-hybridized carbons (Fsp3) is 0.231. The molecule has 2 unspecified atom stereocenters. The van der Waals surface area contributed by atoms with Crippen molar-refractivity contribution in [2.24, 2.45) is 0 Å². The molecule has 7 heteroatoms. The van der Waals surface area contributed by atoms with Gasteiger partial charge in [-0.15, -0.1) is 10.2 Å². The van der Waals surface area contributed by atoms with Gasteiger partial charge in [0.25, 0.3) is 5.92 Å². The van der Waals surface area contributed by atoms with Gasteiger partial charge in [-0.1, -0.05) is 48.5 Å². The van der Waals surface area contributed by atoms with Gasteiger partial charge >= 0.3 is 0 Å². The Morgan fingerprint density at radius 2 is 1.39 bits per heavy atom. The van der Waals surface area contributed by atoms with Crippen LogP contribution < -0.4 is 4.74 Å². The second-order valence-electron chi connectivity index (χ2n) is 8.31. The van der Waals surface area contributed by atoms with Crippen LogP contribution in [0.15, 0.2) is 77.2 Å². The molecule has 3 aromatic carbocycles. The summed E-state index contributed by atoms with van der Waals surface area (Å²) in [5.74, 6) is -2.98. The molecule has 5 nitrogen and oxygen atoms in total. The van der Waals surface area contributed by atoms with E-state index in [1.165, 1.54) is 0 Å². The van der Waals surface area contributed by atoms with Crippen molar-refractivity contribution in [2.75, 3.05) is 7.11 Å². The van der Waals surface area contributed by atoms with Crippen LogP contribution >= 0.6 is 0 Å². The number of alkyl halides is 2. The van der Waals surface area contributed by atoms with Gasteiger partial charge in [-0.25, -0.2) is 8.78 Å². The predicted octanol–water partition coefficient (Wildman–Crippen LogP) is 5.88. The molecular formula is C26H20F2N2O3. The maximum absolute atomic E-state index is 14.7. The Bertz CT molecular complexity index is 1260. The zero-order valence-electron chi connectivity index (χ0n) is 17.7. The molecule has 2 aliphatic rings. The topological polar surface area (TPSA) is 57.4 Å². The van der Waals surface area contributed by atoms with Gasteiger partial charge in [-0.3, -0.25) is 0 Å². The van der Waals surface area contributed by atoms with Gasteiger partial charge in [0.05, 0.1) is 18.9 Å². The first-order chi connectivity index (χ1) is 16.1. The molecule has 1 aromatic heterocycles. The number of benzene rings is 3. The van der Waals surface area contributed by atoms with E-state index in [2.05, 4.69) is 10.2 Å². The Hall–Kier alpha value is -3.58. The van der Waals surface area contributed by atoms with Crippen LogP contribution in [0.25, 0.3) is 11.5 Å². The molecule has 2 aliphatic carbocycles. The molecule has 4 aromatic rings. The van der Waals surface area contributed by atoms with Crippen molar-refractivity contribution in [3.8, 4) is 17.2 Å². The molecule has 0 amide bonds. The van der Waals surface area contributed by atoms with Gasteiger partial charge in [-0.2, -0.15) is 0 Å². The molecule has 2 atom stereocenters. The number of hydrogen-bond acceptors (Lipinski definition) is 5. The fourth-order valence-corrected chi connectivity index (χ4v) is 4.83. The van der Waals surface area contributed by atoms with Crippen molar-refractivity contribution in [1.82, 2.24) is 10.2 Å². The van der Waals surface area contributed by atoms with Crippen molar-refractivity contribution < 1.29 is 22.7 Å². The van der Waals surface area contributed by atoms with E-state index in [4.69, 9.17) is 13.9 Å². The Balaban J connectivity index is 1.30. The molecule has 0 aliphatic heterocycles. The highest BCUT2D eigenvalue weighted by atomic mass is 19.3. The standard InChI is InChI=1S/C26H20F2N2O3/c1-31-16-12-10-15(11-13-16)25-30-29-21(33-25)14-32-24-19-8-4-2-6-17(19)22-23(26(22,27)28)18-7-3-5-9-20(18)24/h2-13,22-24H,14H2,1H3. The average Bonchev–Trinajstić information content (AvgIpc) is 3.17. The van der Waals surface area contributed by atoms with Crippen LogP contribution in [0.3, 0.4) is 0 Å². The van der Waals surface area contributed by atoms with Gasteiger partial charge < -0.3 is 13.9 Å². The minimum absolute atomic E-state index is 0.0578. The maximum atomic E-state index is 14.7. The number of fused-ring (bicyclic) bond motifs is 5. The molecule has 0 bridgehead atoms. The molecule has 33 heavy (non-hydrogen) atoms. The molecule has 0 saturated heterocycles. The maximum Gasteiger partial charge on any atom is 0.263 e. The Labute approximate surface area is 189 Å². The van der Waals surface area contributed by atoms with Crippen molar-refractivity contribution >= 4 is 0 Å². The minimum atomic E-state index is -2.75. The van der Waals surface area contributed by atoms with Gasteiger partial charge in [0.15, 0.2) is 0 Å². The summed E-state index contributed by atoms with van der Waals surface area (Å²) < 4.78 is 46.7. The summed E-state index contributed by atoms with van der Waals surface area (Å²) in [4.78, 5) is 0. The molecular weight excluding hydrogens is 426 g/mol. The van der Waals surface area contributed by atoms with Crippen LogP contribution in [0, 0.1) is 0 Å². The lowest BCUT2D eigenvalue weighted by Gasteiger charge is -2.22. The van der Waals surface area contributed by atoms with Crippen molar-refractivity contribution in [3.05, 3.63) is 101 Å². The smallest absolute Gasteiger partial charge is 0.263 e. The molecule has 1 heterocycles. The van der Waals surface area contributed by atoms with E-state index in [-0.39, 0.29) is 6.61 Å². The second kappa shape index (κ2) is 7.49. The summed E-state index contributed by atoms with van der Waals surface area (Å²) in [6.45, 7) is 0.0578. The average molecular weight is 446 g/mol. The number of nitrogens with zero attached hydrogens (tertiary/aromatic N) is 2. The third-order valence-corrected chi connectivity index (χ3v) is 6.46. The summed E-state index contributed by atoms with van der Waals surface area (Å²) in [5, 5.41) is 8.22. The van der Waals surface area contributed by atoms with Gasteiger partial charge in [-0.05, 0) is 46.5 Å². The van der Waals surface area contributed by atoms with E-state index >= 15 is 0 Å². The summed E-state index contributed by atoms with van der Waals surface area (Å²) in [6, 6.07) is 21.9. The third-order valence-electron chi connectivity index (χ3n) is 6.46. The van der Waals surface area contributed by atoms with E-state index in [1.807, 2.05) is 48.5 Å². The molecule has 6 rings (SSSR count). The van der Waals surface area contributed by atoms with Crippen LogP contribution in [0.5, 0.6) is 5.75 Å². The quantitative estimate of drug-likeness (QED) is 0.383. The van der Waals surface area contributed by atoms with E-state index in [0.717, 1.165) is 22.4 Å². The summed E-state index contributed by atoms with van der Waals surface area (Å²) >= 11 is 0. The molecule has 1 fully saturated rings. The molecule has 0 radical (unpaired) electrons. The van der Waals surface area contributed by atoms with Crippen LogP contribution in [-0.2, 0) is 11.3 Å². The first-order valence-corrected chi connectivity index (χ1v) is 10.7. The lowest BCUT2D eigenvalue weighted by Crippen LogP contribution is -2.12. The lowest BCUT2D eigenvalue weighted by atomic mass is 9.94. The van der Waals surface area contributed by atoms with Crippen molar-refractivity contribution in [1.29, 1.82) is 0 Å². The summed E-state index contributed by atoms with van der Waals surface area (Å²) in [5.41, 5.74) is 3.55. The van der Waals surface area contributed by atoms with Crippen LogP contribution in [0.1, 0.15) is 46.1 Å². The zero-order chi connectivity index (χ0) is 22.6. The number of halogens is 2. The number of methoxy groups -OCH3 is 1. The third kappa shape index (κ3) is 3.23. The second-order valence-corrected chi connectivity index (χ2v) is 8.31. The van der Waals surface area contributed by atoms with E-state index in [0.29, 0.717) is 22.9 Å². The van der Waals surface area contributed by atoms with Gasteiger partial charge in [0.2, 0.25) is 11.8 Å². The van der Waals surface area contributed by atoms with Crippen LogP contribution in [-0.4, -0.2) is 23.2 Å². The highest BCUT2D eigenvalue weighted by molar-refractivity contribution is 5.56. The SMILES string of the molecule is COc1ccc(-c2nnc(COC3c4ccccc4C4C(c5ccccc53)C4(F)F)o2)cc1. The Morgan fingerprint density at radius 1 is 0.818 bits per heavy atom. The fourth-order valence-electron chi connectivity index (χ4n) is 4.83. The van der Waals surface area contributed by atoms with Crippen molar-refractivity contribution in [2.45, 2.75) is 30.5 Å². The number of hydrogen-bond donors (Lipinski definition) is 0. The first kappa shape index (κ1) is 20.1. The van der Waals surface area contributed by atoms with Gasteiger partial charge in [0.1, 0.15) is 18.5 Å². The largest absolute Gasteiger partial charge is 0.497 e. The normalized spacial score (nSPS) is 22.0. The van der Waals surface area contributed by atoms with E-state index in [9.17, 15) is 8.78 Å². The number of rotatable bonds is 5. The highest BCUT2D eigenvalue weighted by Crippen LogP contribution is 2.70. The van der Waals surface area contributed by atoms with Gasteiger partial charge in [0, 0.05) is 5.56 Å². The summed E-state index contributed by atoms with van der Waals surface area (Å²) in [6.07, 6.45) is -0.502. The summed E-state index contributed by atoms with van der Waals surface area (Å²) in [7, 11) is 1.60.